The Balaban J connectivity index is 1.47. The first-order valence-corrected chi connectivity index (χ1v) is 11.9. The second-order valence-electron chi connectivity index (χ2n) is 7.85. The van der Waals surface area contributed by atoms with Gasteiger partial charge in [0.15, 0.2) is 5.96 Å². The predicted molar refractivity (Wildman–Crippen MR) is 116 cm³/mol. The van der Waals surface area contributed by atoms with Gasteiger partial charge < -0.3 is 10.2 Å². The monoisotopic (exact) mass is 394 g/mol. The number of thioether (sulfide) groups is 1. The Morgan fingerprint density at radius 1 is 1.35 bits per heavy atom. The standard InChI is InChI=1S/C20H34N4S2/c1-16(2)19-15-24(9-11-26-19)20(21-3)22-12-17-6-4-8-23(13-17)14-18-7-5-10-25-18/h5,7,10,16-17,19H,4,6,8-9,11-15H2,1-3H3,(H,21,22). The van der Waals surface area contributed by atoms with Crippen LogP contribution in [0.15, 0.2) is 22.5 Å². The maximum absolute atomic E-state index is 4.58. The average Bonchev–Trinajstić information content (AvgIpc) is 3.16. The minimum absolute atomic E-state index is 0.721. The van der Waals surface area contributed by atoms with E-state index in [9.17, 15) is 0 Å². The molecule has 2 unspecified atom stereocenters. The van der Waals surface area contributed by atoms with Crippen LogP contribution in [0, 0.1) is 11.8 Å². The van der Waals surface area contributed by atoms with Crippen LogP contribution in [0.25, 0.3) is 0 Å². The van der Waals surface area contributed by atoms with Gasteiger partial charge in [-0.05, 0) is 42.7 Å². The molecule has 3 rings (SSSR count). The summed E-state index contributed by atoms with van der Waals surface area (Å²) in [4.78, 5) is 11.2. The van der Waals surface area contributed by atoms with Crippen molar-refractivity contribution in [2.75, 3.05) is 45.5 Å². The van der Waals surface area contributed by atoms with E-state index in [-0.39, 0.29) is 0 Å². The van der Waals surface area contributed by atoms with E-state index in [1.165, 1.54) is 36.6 Å². The number of nitrogens with one attached hydrogen (secondary N) is 1. The molecule has 0 amide bonds. The summed E-state index contributed by atoms with van der Waals surface area (Å²) in [6.07, 6.45) is 2.64. The first kappa shape index (κ1) is 20.0. The van der Waals surface area contributed by atoms with Gasteiger partial charge in [-0.3, -0.25) is 9.89 Å². The van der Waals surface area contributed by atoms with Crippen LogP contribution >= 0.6 is 23.1 Å². The molecule has 2 aliphatic rings. The van der Waals surface area contributed by atoms with Gasteiger partial charge in [-0.2, -0.15) is 11.8 Å². The third-order valence-electron chi connectivity index (χ3n) is 5.46. The SMILES string of the molecule is CN=C(NCC1CCCN(Cc2cccs2)C1)N1CCSC(C(C)C)C1. The molecule has 0 aromatic carbocycles. The fraction of sp³-hybridized carbons (Fsp3) is 0.750. The quantitative estimate of drug-likeness (QED) is 0.610. The molecule has 3 heterocycles. The molecule has 26 heavy (non-hydrogen) atoms. The Labute approximate surface area is 167 Å². The number of nitrogens with zero attached hydrogens (tertiary/aromatic N) is 3. The number of guanidine groups is 1. The van der Waals surface area contributed by atoms with E-state index in [2.05, 4.69) is 63.2 Å². The highest BCUT2D eigenvalue weighted by Gasteiger charge is 2.26. The van der Waals surface area contributed by atoms with Gasteiger partial charge in [0.2, 0.25) is 0 Å². The lowest BCUT2D eigenvalue weighted by molar-refractivity contribution is 0.169. The van der Waals surface area contributed by atoms with Crippen LogP contribution in [0.1, 0.15) is 31.6 Å². The van der Waals surface area contributed by atoms with E-state index >= 15 is 0 Å². The fourth-order valence-electron chi connectivity index (χ4n) is 3.92. The summed E-state index contributed by atoms with van der Waals surface area (Å²) in [6.45, 7) is 11.5. The summed E-state index contributed by atoms with van der Waals surface area (Å²) in [5.74, 6) is 3.76. The largest absolute Gasteiger partial charge is 0.356 e. The normalized spacial score (nSPS) is 25.7. The van der Waals surface area contributed by atoms with Gasteiger partial charge in [-0.1, -0.05) is 19.9 Å². The Kier molecular flexibility index (Phi) is 7.70. The number of likely N-dealkylation sites (tertiary alicyclic amines) is 1. The molecule has 0 spiro atoms. The number of piperidine rings is 1. The Morgan fingerprint density at radius 3 is 2.96 bits per heavy atom. The smallest absolute Gasteiger partial charge is 0.193 e. The van der Waals surface area contributed by atoms with Crippen molar-refractivity contribution in [3.63, 3.8) is 0 Å². The van der Waals surface area contributed by atoms with E-state index < -0.39 is 0 Å². The van der Waals surface area contributed by atoms with Crippen molar-refractivity contribution in [1.29, 1.82) is 0 Å². The number of thiophene rings is 1. The summed E-state index contributed by atoms with van der Waals surface area (Å²) < 4.78 is 0. The highest BCUT2D eigenvalue weighted by atomic mass is 32.2. The number of hydrogen-bond donors (Lipinski definition) is 1. The molecule has 2 atom stereocenters. The summed E-state index contributed by atoms with van der Waals surface area (Å²) in [5, 5.41) is 6.60. The van der Waals surface area contributed by atoms with E-state index in [0.29, 0.717) is 0 Å². The Morgan fingerprint density at radius 2 is 2.23 bits per heavy atom. The van der Waals surface area contributed by atoms with Gasteiger partial charge in [0.1, 0.15) is 0 Å². The Bertz CT molecular complexity index is 558. The molecule has 0 aliphatic carbocycles. The topological polar surface area (TPSA) is 30.9 Å². The van der Waals surface area contributed by atoms with Crippen molar-refractivity contribution in [2.45, 2.75) is 38.5 Å². The molecule has 0 bridgehead atoms. The van der Waals surface area contributed by atoms with E-state index in [1.54, 1.807) is 0 Å². The average molecular weight is 395 g/mol. The van der Waals surface area contributed by atoms with Gasteiger partial charge in [-0.25, -0.2) is 0 Å². The van der Waals surface area contributed by atoms with Crippen LogP contribution in [0.3, 0.4) is 0 Å². The van der Waals surface area contributed by atoms with Crippen LogP contribution in [0.4, 0.5) is 0 Å². The third-order valence-corrected chi connectivity index (χ3v) is 7.86. The molecule has 0 radical (unpaired) electrons. The molecule has 2 saturated heterocycles. The summed E-state index contributed by atoms with van der Waals surface area (Å²) >= 11 is 4.00. The van der Waals surface area contributed by atoms with Crippen molar-refractivity contribution in [2.24, 2.45) is 16.8 Å². The van der Waals surface area contributed by atoms with Gasteiger partial charge in [0.05, 0.1) is 0 Å². The van der Waals surface area contributed by atoms with Gasteiger partial charge in [0, 0.05) is 55.7 Å². The molecule has 0 saturated carbocycles. The maximum atomic E-state index is 4.58. The molecule has 1 N–H and O–H groups in total. The summed E-state index contributed by atoms with van der Waals surface area (Å²) in [6, 6.07) is 4.42. The zero-order valence-electron chi connectivity index (χ0n) is 16.5. The molecule has 2 aliphatic heterocycles. The van der Waals surface area contributed by atoms with Crippen molar-refractivity contribution < 1.29 is 0 Å². The van der Waals surface area contributed by atoms with Crippen LogP contribution < -0.4 is 5.32 Å². The second-order valence-corrected chi connectivity index (χ2v) is 10.2. The van der Waals surface area contributed by atoms with Gasteiger partial charge in [-0.15, -0.1) is 11.3 Å². The van der Waals surface area contributed by atoms with Crippen LogP contribution in [-0.4, -0.2) is 66.5 Å². The molecular weight excluding hydrogens is 360 g/mol. The molecule has 1 aromatic rings. The fourth-order valence-corrected chi connectivity index (χ4v) is 5.97. The molecule has 146 valence electrons. The highest BCUT2D eigenvalue weighted by molar-refractivity contribution is 8.00. The lowest BCUT2D eigenvalue weighted by atomic mass is 9.98. The maximum Gasteiger partial charge on any atom is 0.193 e. The van der Waals surface area contributed by atoms with Gasteiger partial charge >= 0.3 is 0 Å². The zero-order chi connectivity index (χ0) is 18.4. The minimum Gasteiger partial charge on any atom is -0.356 e. The van der Waals surface area contributed by atoms with Crippen LogP contribution in [-0.2, 0) is 6.54 Å². The van der Waals surface area contributed by atoms with Gasteiger partial charge in [0.25, 0.3) is 0 Å². The predicted octanol–water partition coefficient (Wildman–Crippen LogP) is 3.61. The first-order valence-electron chi connectivity index (χ1n) is 9.97. The zero-order valence-corrected chi connectivity index (χ0v) is 18.1. The Hall–Kier alpha value is -0.720. The molecular formula is C20H34N4S2. The summed E-state index contributed by atoms with van der Waals surface area (Å²) in [7, 11) is 1.93. The molecule has 6 heteroatoms. The molecule has 4 nitrogen and oxygen atoms in total. The van der Waals surface area contributed by atoms with Crippen LogP contribution in [0.2, 0.25) is 0 Å². The van der Waals surface area contributed by atoms with Crippen LogP contribution in [0.5, 0.6) is 0 Å². The number of aliphatic imine (C=N–C) groups is 1. The number of hydrogen-bond acceptors (Lipinski definition) is 4. The van der Waals surface area contributed by atoms with Crippen molar-refractivity contribution in [1.82, 2.24) is 15.1 Å². The van der Waals surface area contributed by atoms with Crippen molar-refractivity contribution in [3.8, 4) is 0 Å². The van der Waals surface area contributed by atoms with Crippen molar-refractivity contribution >= 4 is 29.1 Å². The second kappa shape index (κ2) is 10.00. The minimum atomic E-state index is 0.721. The van der Waals surface area contributed by atoms with E-state index in [0.717, 1.165) is 49.2 Å². The lowest BCUT2D eigenvalue weighted by Gasteiger charge is -2.37. The van der Waals surface area contributed by atoms with E-state index in [1.807, 2.05) is 18.4 Å². The summed E-state index contributed by atoms with van der Waals surface area (Å²) in [5.41, 5.74) is 0. The number of rotatable bonds is 5. The van der Waals surface area contributed by atoms with Crippen molar-refractivity contribution in [3.05, 3.63) is 22.4 Å². The van der Waals surface area contributed by atoms with E-state index in [4.69, 9.17) is 0 Å². The third kappa shape index (κ3) is 5.64. The lowest BCUT2D eigenvalue weighted by Crippen LogP contribution is -2.50. The highest BCUT2D eigenvalue weighted by Crippen LogP contribution is 2.25. The molecule has 2 fully saturated rings. The molecule has 1 aromatic heterocycles. The first-order chi connectivity index (χ1) is 12.7.